The van der Waals surface area contributed by atoms with Crippen LogP contribution in [0.2, 0.25) is 0 Å². The molecule has 1 aromatic rings. The third-order valence-corrected chi connectivity index (χ3v) is 1.82. The minimum atomic E-state index is 0.0952. The first kappa shape index (κ1) is 9.47. The van der Waals surface area contributed by atoms with Gasteiger partial charge < -0.3 is 0 Å². The average molecular weight is 173 g/mol. The smallest absolute Gasteiger partial charge is 0.164 e. The van der Waals surface area contributed by atoms with Crippen molar-refractivity contribution in [1.82, 2.24) is 4.98 Å². The molecule has 0 radical (unpaired) electrons. The van der Waals surface area contributed by atoms with E-state index in [0.29, 0.717) is 12.8 Å². The van der Waals surface area contributed by atoms with Crippen molar-refractivity contribution in [3.8, 4) is 12.3 Å². The monoisotopic (exact) mass is 173 g/mol. The van der Waals surface area contributed by atoms with Crippen molar-refractivity contribution < 1.29 is 4.79 Å². The SMILES string of the molecule is C#CCCC(=O)c1ccncc1C. The molecule has 0 fully saturated rings. The number of carbonyl (C=O) groups excluding carboxylic acids is 1. The molecule has 0 aliphatic carbocycles. The van der Waals surface area contributed by atoms with Crippen molar-refractivity contribution in [1.29, 1.82) is 0 Å². The van der Waals surface area contributed by atoms with E-state index >= 15 is 0 Å². The number of hydrogen-bond donors (Lipinski definition) is 0. The highest BCUT2D eigenvalue weighted by Crippen LogP contribution is 2.08. The van der Waals surface area contributed by atoms with Gasteiger partial charge in [0.15, 0.2) is 5.78 Å². The van der Waals surface area contributed by atoms with Crippen molar-refractivity contribution in [2.75, 3.05) is 0 Å². The minimum Gasteiger partial charge on any atom is -0.294 e. The van der Waals surface area contributed by atoms with Gasteiger partial charge in [0.2, 0.25) is 0 Å². The van der Waals surface area contributed by atoms with E-state index in [0.717, 1.165) is 11.1 Å². The molecule has 0 saturated carbocycles. The van der Waals surface area contributed by atoms with E-state index in [1.807, 2.05) is 6.92 Å². The molecular weight excluding hydrogens is 162 g/mol. The first-order chi connectivity index (χ1) is 6.25. The second-order valence-corrected chi connectivity index (χ2v) is 2.82. The summed E-state index contributed by atoms with van der Waals surface area (Å²) in [6, 6.07) is 1.73. The Hall–Kier alpha value is -1.62. The molecule has 66 valence electrons. The van der Waals surface area contributed by atoms with E-state index < -0.39 is 0 Å². The highest BCUT2D eigenvalue weighted by molar-refractivity contribution is 5.97. The van der Waals surface area contributed by atoms with Gasteiger partial charge >= 0.3 is 0 Å². The van der Waals surface area contributed by atoms with Gasteiger partial charge in [-0.3, -0.25) is 9.78 Å². The number of aryl methyl sites for hydroxylation is 1. The maximum absolute atomic E-state index is 11.5. The number of aromatic nitrogens is 1. The van der Waals surface area contributed by atoms with E-state index in [4.69, 9.17) is 6.42 Å². The van der Waals surface area contributed by atoms with E-state index in [1.165, 1.54) is 0 Å². The van der Waals surface area contributed by atoms with Gasteiger partial charge in [0.25, 0.3) is 0 Å². The second-order valence-electron chi connectivity index (χ2n) is 2.82. The zero-order chi connectivity index (χ0) is 9.68. The van der Waals surface area contributed by atoms with Gasteiger partial charge in [-0.15, -0.1) is 12.3 Å². The summed E-state index contributed by atoms with van der Waals surface area (Å²) in [6.45, 7) is 1.87. The molecule has 0 saturated heterocycles. The summed E-state index contributed by atoms with van der Waals surface area (Å²) in [5.41, 5.74) is 1.63. The van der Waals surface area contributed by atoms with Gasteiger partial charge in [-0.25, -0.2) is 0 Å². The van der Waals surface area contributed by atoms with Crippen LogP contribution in [-0.4, -0.2) is 10.8 Å². The van der Waals surface area contributed by atoms with Crippen LogP contribution in [-0.2, 0) is 0 Å². The molecule has 0 bridgehead atoms. The summed E-state index contributed by atoms with van der Waals surface area (Å²) < 4.78 is 0. The maximum Gasteiger partial charge on any atom is 0.164 e. The summed E-state index contributed by atoms with van der Waals surface area (Å²) in [5, 5.41) is 0. The highest BCUT2D eigenvalue weighted by Gasteiger charge is 2.06. The average Bonchev–Trinajstić information content (AvgIpc) is 2.15. The summed E-state index contributed by atoms with van der Waals surface area (Å²) in [5.74, 6) is 2.55. The van der Waals surface area contributed by atoms with E-state index in [9.17, 15) is 4.79 Å². The molecule has 1 heterocycles. The van der Waals surface area contributed by atoms with Crippen LogP contribution in [0, 0.1) is 19.3 Å². The summed E-state index contributed by atoms with van der Waals surface area (Å²) >= 11 is 0. The molecule has 0 N–H and O–H groups in total. The Kier molecular flexibility index (Phi) is 3.22. The molecule has 0 aliphatic rings. The lowest BCUT2D eigenvalue weighted by molar-refractivity contribution is 0.0983. The molecule has 2 nitrogen and oxygen atoms in total. The van der Waals surface area contributed by atoms with E-state index in [-0.39, 0.29) is 5.78 Å². The molecule has 0 amide bonds. The number of carbonyl (C=O) groups is 1. The molecule has 2 heteroatoms. The predicted octanol–water partition coefficient (Wildman–Crippen LogP) is 1.99. The van der Waals surface area contributed by atoms with Crippen LogP contribution < -0.4 is 0 Å². The first-order valence-corrected chi connectivity index (χ1v) is 4.13. The largest absolute Gasteiger partial charge is 0.294 e. The molecule has 0 atom stereocenters. The van der Waals surface area contributed by atoms with Crippen molar-refractivity contribution in [3.05, 3.63) is 29.6 Å². The summed E-state index contributed by atoms with van der Waals surface area (Å²) in [4.78, 5) is 15.4. The van der Waals surface area contributed by atoms with Gasteiger partial charge in [0.05, 0.1) is 0 Å². The third-order valence-electron chi connectivity index (χ3n) is 1.82. The molecule has 0 spiro atoms. The summed E-state index contributed by atoms with van der Waals surface area (Å²) in [7, 11) is 0. The minimum absolute atomic E-state index is 0.0952. The Labute approximate surface area is 78.0 Å². The van der Waals surface area contributed by atoms with Crippen molar-refractivity contribution in [3.63, 3.8) is 0 Å². The lowest BCUT2D eigenvalue weighted by Gasteiger charge is -2.01. The number of pyridine rings is 1. The van der Waals surface area contributed by atoms with Crippen LogP contribution in [0.4, 0.5) is 0 Å². The quantitative estimate of drug-likeness (QED) is 0.516. The molecule has 0 aromatic carbocycles. The number of ketones is 1. The van der Waals surface area contributed by atoms with Crippen molar-refractivity contribution in [2.45, 2.75) is 19.8 Å². The molecule has 1 rings (SSSR count). The number of rotatable bonds is 3. The molecule has 1 aromatic heterocycles. The Morgan fingerprint density at radius 3 is 3.08 bits per heavy atom. The fourth-order valence-electron chi connectivity index (χ4n) is 1.11. The second kappa shape index (κ2) is 4.42. The normalized spacial score (nSPS) is 9.23. The van der Waals surface area contributed by atoms with Crippen LogP contribution >= 0.6 is 0 Å². The van der Waals surface area contributed by atoms with Crippen LogP contribution in [0.3, 0.4) is 0 Å². The lowest BCUT2D eigenvalue weighted by Crippen LogP contribution is -2.01. The Bertz CT molecular complexity index is 349. The van der Waals surface area contributed by atoms with Crippen LogP contribution in [0.15, 0.2) is 18.5 Å². The van der Waals surface area contributed by atoms with Crippen LogP contribution in [0.5, 0.6) is 0 Å². The molecule has 0 aliphatic heterocycles. The van der Waals surface area contributed by atoms with Gasteiger partial charge in [0.1, 0.15) is 0 Å². The highest BCUT2D eigenvalue weighted by atomic mass is 16.1. The Morgan fingerprint density at radius 2 is 2.46 bits per heavy atom. The van der Waals surface area contributed by atoms with Crippen LogP contribution in [0.25, 0.3) is 0 Å². The van der Waals surface area contributed by atoms with Crippen LogP contribution in [0.1, 0.15) is 28.8 Å². The number of hydrogen-bond acceptors (Lipinski definition) is 2. The number of nitrogens with zero attached hydrogens (tertiary/aromatic N) is 1. The molecule has 13 heavy (non-hydrogen) atoms. The molecular formula is C11H11NO. The zero-order valence-corrected chi connectivity index (χ0v) is 7.58. The zero-order valence-electron chi connectivity index (χ0n) is 7.58. The van der Waals surface area contributed by atoms with E-state index in [2.05, 4.69) is 10.9 Å². The third kappa shape index (κ3) is 2.41. The lowest BCUT2D eigenvalue weighted by atomic mass is 10.0. The maximum atomic E-state index is 11.5. The molecule has 0 unspecified atom stereocenters. The van der Waals surface area contributed by atoms with E-state index in [1.54, 1.807) is 18.5 Å². The first-order valence-electron chi connectivity index (χ1n) is 4.13. The van der Waals surface area contributed by atoms with Gasteiger partial charge in [-0.05, 0) is 18.6 Å². The number of terminal acetylenes is 1. The summed E-state index contributed by atoms with van der Waals surface area (Å²) in [6.07, 6.45) is 9.30. The van der Waals surface area contributed by atoms with Gasteiger partial charge in [-0.2, -0.15) is 0 Å². The van der Waals surface area contributed by atoms with Gasteiger partial charge in [0, 0.05) is 30.8 Å². The Morgan fingerprint density at radius 1 is 1.69 bits per heavy atom. The Balaban J connectivity index is 2.78. The number of Topliss-reactive ketones (excluding diaryl/α,β-unsaturated/α-hetero) is 1. The topological polar surface area (TPSA) is 30.0 Å². The van der Waals surface area contributed by atoms with Crippen molar-refractivity contribution in [2.24, 2.45) is 0 Å². The predicted molar refractivity (Wildman–Crippen MR) is 51.4 cm³/mol. The van der Waals surface area contributed by atoms with Crippen molar-refractivity contribution >= 4 is 5.78 Å². The standard InChI is InChI=1S/C11H11NO/c1-3-4-5-11(13)10-6-7-12-8-9(10)2/h1,6-8H,4-5H2,2H3. The van der Waals surface area contributed by atoms with Gasteiger partial charge in [-0.1, -0.05) is 0 Å². The fraction of sp³-hybridized carbons (Fsp3) is 0.273. The fourth-order valence-corrected chi connectivity index (χ4v) is 1.11.